The molecule has 0 fully saturated rings. The summed E-state index contributed by atoms with van der Waals surface area (Å²) in [6.45, 7) is 1.83. The number of amides is 1. The Morgan fingerprint density at radius 1 is 1.16 bits per heavy atom. The van der Waals surface area contributed by atoms with E-state index >= 15 is 0 Å². The van der Waals surface area contributed by atoms with Gasteiger partial charge in [0.05, 0.1) is 18.0 Å². The zero-order valence-corrected chi connectivity index (χ0v) is 14.2. The highest BCUT2D eigenvalue weighted by Gasteiger charge is 2.13. The van der Waals surface area contributed by atoms with Crippen molar-refractivity contribution in [3.8, 4) is 5.75 Å². The zero-order valence-electron chi connectivity index (χ0n) is 14.2. The Morgan fingerprint density at radius 2 is 1.88 bits per heavy atom. The van der Waals surface area contributed by atoms with Crippen molar-refractivity contribution in [1.29, 1.82) is 0 Å². The smallest absolute Gasteiger partial charge is 0.261 e. The van der Waals surface area contributed by atoms with Gasteiger partial charge in [-0.3, -0.25) is 14.2 Å². The van der Waals surface area contributed by atoms with Crippen LogP contribution < -0.4 is 15.6 Å². The summed E-state index contributed by atoms with van der Waals surface area (Å²) in [7, 11) is 1.58. The van der Waals surface area contributed by atoms with Crippen LogP contribution in [0.4, 0.5) is 5.69 Å². The maximum atomic E-state index is 12.7. The van der Waals surface area contributed by atoms with E-state index in [2.05, 4.69) is 10.3 Å². The van der Waals surface area contributed by atoms with Gasteiger partial charge in [-0.15, -0.1) is 0 Å². The quantitative estimate of drug-likeness (QED) is 0.777. The molecule has 0 radical (unpaired) electrons. The summed E-state index contributed by atoms with van der Waals surface area (Å²) in [6.07, 6.45) is 0.565. The van der Waals surface area contributed by atoms with Crippen LogP contribution in [-0.2, 0) is 17.8 Å². The molecule has 0 bridgehead atoms. The van der Waals surface area contributed by atoms with Crippen LogP contribution in [0.25, 0.3) is 10.9 Å². The van der Waals surface area contributed by atoms with Gasteiger partial charge < -0.3 is 10.1 Å². The molecule has 1 N–H and O–H groups in total. The number of nitrogens with one attached hydrogen (secondary N) is 1. The summed E-state index contributed by atoms with van der Waals surface area (Å²) < 4.78 is 6.52. The van der Waals surface area contributed by atoms with Gasteiger partial charge in [0, 0.05) is 12.1 Å². The summed E-state index contributed by atoms with van der Waals surface area (Å²) in [5.41, 5.74) is 1.09. The molecule has 25 heavy (non-hydrogen) atoms. The minimum absolute atomic E-state index is 0.0775. The molecule has 1 amide bonds. The van der Waals surface area contributed by atoms with E-state index in [0.29, 0.717) is 34.6 Å². The molecule has 2 aromatic carbocycles. The van der Waals surface area contributed by atoms with E-state index in [9.17, 15) is 9.59 Å². The average molecular weight is 337 g/mol. The number of hydrogen-bond acceptors (Lipinski definition) is 4. The van der Waals surface area contributed by atoms with Crippen LogP contribution in [0.5, 0.6) is 5.75 Å². The van der Waals surface area contributed by atoms with Gasteiger partial charge >= 0.3 is 0 Å². The number of hydrogen-bond donors (Lipinski definition) is 1. The fourth-order valence-corrected chi connectivity index (χ4v) is 2.67. The molecule has 0 spiro atoms. The van der Waals surface area contributed by atoms with Gasteiger partial charge in [-0.05, 0) is 36.4 Å². The Kier molecular flexibility index (Phi) is 4.79. The van der Waals surface area contributed by atoms with Crippen LogP contribution >= 0.6 is 0 Å². The lowest BCUT2D eigenvalue weighted by Crippen LogP contribution is -2.31. The lowest BCUT2D eigenvalue weighted by Gasteiger charge is -2.12. The van der Waals surface area contributed by atoms with Crippen molar-refractivity contribution in [3.05, 3.63) is 64.7 Å². The van der Waals surface area contributed by atoms with Crippen LogP contribution in [0.1, 0.15) is 12.7 Å². The molecule has 1 heterocycles. The number of fused-ring (bicyclic) bond motifs is 1. The van der Waals surface area contributed by atoms with E-state index < -0.39 is 0 Å². The normalized spacial score (nSPS) is 10.6. The Bertz CT molecular complexity index is 962. The monoisotopic (exact) mass is 337 g/mol. The fraction of sp³-hybridized carbons (Fsp3) is 0.211. The average Bonchev–Trinajstić information content (AvgIpc) is 2.64. The minimum Gasteiger partial charge on any atom is -0.497 e. The summed E-state index contributed by atoms with van der Waals surface area (Å²) in [5, 5.41) is 3.30. The summed E-state index contributed by atoms with van der Waals surface area (Å²) in [4.78, 5) is 29.6. The molecular formula is C19H19N3O3. The standard InChI is InChI=1S/C19H19N3O3/c1-3-17-21-16-7-5-4-6-15(16)19(24)22(17)12-18(23)20-13-8-10-14(25-2)11-9-13/h4-11H,3,12H2,1-2H3,(H,20,23). The predicted molar refractivity (Wildman–Crippen MR) is 97.0 cm³/mol. The van der Waals surface area contributed by atoms with Gasteiger partial charge in [-0.25, -0.2) is 4.98 Å². The van der Waals surface area contributed by atoms with Gasteiger partial charge in [0.15, 0.2) is 0 Å². The van der Waals surface area contributed by atoms with Crippen molar-refractivity contribution in [1.82, 2.24) is 9.55 Å². The van der Waals surface area contributed by atoms with Crippen molar-refractivity contribution in [2.75, 3.05) is 12.4 Å². The maximum Gasteiger partial charge on any atom is 0.261 e. The number of anilines is 1. The van der Waals surface area contributed by atoms with Crippen LogP contribution in [0.2, 0.25) is 0 Å². The van der Waals surface area contributed by atoms with Crippen LogP contribution in [0, 0.1) is 0 Å². The second kappa shape index (κ2) is 7.17. The van der Waals surface area contributed by atoms with Gasteiger partial charge in [-0.1, -0.05) is 19.1 Å². The topological polar surface area (TPSA) is 73.2 Å². The highest BCUT2D eigenvalue weighted by Crippen LogP contribution is 2.15. The van der Waals surface area contributed by atoms with Crippen LogP contribution in [0.15, 0.2) is 53.3 Å². The third-order valence-electron chi connectivity index (χ3n) is 3.93. The van der Waals surface area contributed by atoms with Gasteiger partial charge in [0.1, 0.15) is 18.1 Å². The van der Waals surface area contributed by atoms with E-state index in [1.807, 2.05) is 13.0 Å². The Hall–Kier alpha value is -3.15. The number of methoxy groups -OCH3 is 1. The molecule has 0 atom stereocenters. The summed E-state index contributed by atoms with van der Waals surface area (Å²) >= 11 is 0. The Balaban J connectivity index is 1.87. The van der Waals surface area contributed by atoms with E-state index in [1.165, 1.54) is 4.57 Å². The second-order valence-electron chi connectivity index (χ2n) is 5.57. The number of carbonyl (C=O) groups is 1. The molecule has 0 aliphatic carbocycles. The largest absolute Gasteiger partial charge is 0.497 e. The molecule has 0 saturated heterocycles. The Labute approximate surface area is 145 Å². The molecule has 6 heteroatoms. The van der Waals surface area contributed by atoms with E-state index in [1.54, 1.807) is 49.6 Å². The van der Waals surface area contributed by atoms with Crippen molar-refractivity contribution < 1.29 is 9.53 Å². The van der Waals surface area contributed by atoms with Crippen molar-refractivity contribution in [2.45, 2.75) is 19.9 Å². The molecule has 0 aliphatic heterocycles. The number of rotatable bonds is 5. The zero-order chi connectivity index (χ0) is 17.8. The predicted octanol–water partition coefficient (Wildman–Crippen LogP) is 2.61. The first kappa shape index (κ1) is 16.7. The molecule has 0 unspecified atom stereocenters. The molecule has 3 aromatic rings. The molecule has 0 saturated carbocycles. The highest BCUT2D eigenvalue weighted by molar-refractivity contribution is 5.90. The third-order valence-corrected chi connectivity index (χ3v) is 3.93. The number of ether oxygens (including phenoxy) is 1. The molecule has 0 aliphatic rings. The van der Waals surface area contributed by atoms with Gasteiger partial charge in [0.25, 0.3) is 5.56 Å². The first-order chi connectivity index (χ1) is 12.1. The number of nitrogens with zero attached hydrogens (tertiary/aromatic N) is 2. The SMILES string of the molecule is CCc1nc2ccccc2c(=O)n1CC(=O)Nc1ccc(OC)cc1. The maximum absolute atomic E-state index is 12.7. The molecular weight excluding hydrogens is 318 g/mol. The van der Waals surface area contributed by atoms with E-state index in [-0.39, 0.29) is 18.0 Å². The molecule has 128 valence electrons. The van der Waals surface area contributed by atoms with Crippen molar-refractivity contribution in [3.63, 3.8) is 0 Å². The van der Waals surface area contributed by atoms with Crippen molar-refractivity contribution in [2.24, 2.45) is 0 Å². The molecule has 1 aromatic heterocycles. The number of aromatic nitrogens is 2. The lowest BCUT2D eigenvalue weighted by molar-refractivity contribution is -0.116. The van der Waals surface area contributed by atoms with Gasteiger partial charge in [0.2, 0.25) is 5.91 Å². The molecule has 3 rings (SSSR count). The number of para-hydroxylation sites is 1. The first-order valence-electron chi connectivity index (χ1n) is 8.04. The van der Waals surface area contributed by atoms with Crippen molar-refractivity contribution >= 4 is 22.5 Å². The lowest BCUT2D eigenvalue weighted by atomic mass is 10.2. The van der Waals surface area contributed by atoms with E-state index in [0.717, 1.165) is 0 Å². The number of benzene rings is 2. The summed E-state index contributed by atoms with van der Waals surface area (Å²) in [5.74, 6) is 1.02. The number of aryl methyl sites for hydroxylation is 1. The fourth-order valence-electron chi connectivity index (χ4n) is 2.67. The third kappa shape index (κ3) is 3.52. The van der Waals surface area contributed by atoms with Crippen LogP contribution in [0.3, 0.4) is 0 Å². The second-order valence-corrected chi connectivity index (χ2v) is 5.57. The Morgan fingerprint density at radius 3 is 2.56 bits per heavy atom. The first-order valence-corrected chi connectivity index (χ1v) is 8.04. The summed E-state index contributed by atoms with van der Waals surface area (Å²) in [6, 6.07) is 14.2. The molecule has 6 nitrogen and oxygen atoms in total. The minimum atomic E-state index is -0.279. The number of carbonyl (C=O) groups excluding carboxylic acids is 1. The van der Waals surface area contributed by atoms with Gasteiger partial charge in [-0.2, -0.15) is 0 Å². The highest BCUT2D eigenvalue weighted by atomic mass is 16.5. The van der Waals surface area contributed by atoms with E-state index in [4.69, 9.17) is 4.74 Å². The van der Waals surface area contributed by atoms with Crippen LogP contribution in [-0.4, -0.2) is 22.6 Å².